The van der Waals surface area contributed by atoms with E-state index in [2.05, 4.69) is 23.4 Å². The molecule has 0 aromatic heterocycles. The van der Waals surface area contributed by atoms with E-state index in [1.807, 2.05) is 6.07 Å². The summed E-state index contributed by atoms with van der Waals surface area (Å²) >= 11 is 0. The van der Waals surface area contributed by atoms with Gasteiger partial charge in [0.1, 0.15) is 11.8 Å². The lowest BCUT2D eigenvalue weighted by Crippen LogP contribution is -2.29. The van der Waals surface area contributed by atoms with E-state index in [9.17, 15) is 25.0 Å². The Morgan fingerprint density at radius 3 is 2.12 bits per heavy atom. The van der Waals surface area contributed by atoms with Crippen LogP contribution in [-0.2, 0) is 19.1 Å². The monoisotopic (exact) mass is 463 g/mol. The number of ether oxygens (including phenoxy) is 2. The van der Waals surface area contributed by atoms with Gasteiger partial charge in [0.2, 0.25) is 0 Å². The van der Waals surface area contributed by atoms with Crippen molar-refractivity contribution < 1.29 is 24.0 Å². The van der Waals surface area contributed by atoms with Crippen molar-refractivity contribution in [2.45, 2.75) is 12.8 Å². The van der Waals surface area contributed by atoms with E-state index in [4.69, 9.17) is 9.47 Å². The third-order valence-corrected chi connectivity index (χ3v) is 4.40. The van der Waals surface area contributed by atoms with E-state index in [1.165, 1.54) is 12.1 Å². The Morgan fingerprint density at radius 1 is 1.03 bits per heavy atom. The third kappa shape index (κ3) is 7.69. The molecular formula is C23H21N5O6. The lowest BCUT2D eigenvalue weighted by Gasteiger charge is -2.24. The summed E-state index contributed by atoms with van der Waals surface area (Å²) in [6.45, 7) is 7.25. The van der Waals surface area contributed by atoms with Gasteiger partial charge in [0.15, 0.2) is 0 Å². The van der Waals surface area contributed by atoms with Crippen molar-refractivity contribution >= 4 is 34.7 Å². The second-order valence-corrected chi connectivity index (χ2v) is 6.59. The Bertz CT molecular complexity index is 1110. The number of nitrogens with zero attached hydrogens (tertiary/aromatic N) is 5. The highest BCUT2D eigenvalue weighted by molar-refractivity contribution is 5.72. The number of hydrogen-bond donors (Lipinski definition) is 0. The van der Waals surface area contributed by atoms with Gasteiger partial charge in [-0.15, -0.1) is 5.11 Å². The van der Waals surface area contributed by atoms with Gasteiger partial charge in [-0.1, -0.05) is 13.2 Å². The SMILES string of the molecule is C=COC(=O)CCN(CCC(=O)OC=C)c1ccc(N=Nc2ccc([N+](=O)[O-])cc2C#N)cc1. The normalized spacial score (nSPS) is 10.2. The van der Waals surface area contributed by atoms with Gasteiger partial charge in [0.05, 0.1) is 41.5 Å². The molecule has 2 aromatic carbocycles. The summed E-state index contributed by atoms with van der Waals surface area (Å²) in [4.78, 5) is 35.4. The number of nitriles is 1. The van der Waals surface area contributed by atoms with Gasteiger partial charge < -0.3 is 14.4 Å². The van der Waals surface area contributed by atoms with Crippen molar-refractivity contribution in [2.24, 2.45) is 10.2 Å². The van der Waals surface area contributed by atoms with Crippen LogP contribution in [0.4, 0.5) is 22.7 Å². The highest BCUT2D eigenvalue weighted by atomic mass is 16.6. The summed E-state index contributed by atoms with van der Waals surface area (Å²) in [5.41, 5.74) is 1.18. The summed E-state index contributed by atoms with van der Waals surface area (Å²) in [7, 11) is 0. The third-order valence-electron chi connectivity index (χ3n) is 4.40. The Labute approximate surface area is 195 Å². The fourth-order valence-electron chi connectivity index (χ4n) is 2.78. The standard InChI is InChI=1S/C23H21N5O6/c1-3-33-22(29)11-13-27(14-12-23(30)34-4-2)19-7-5-18(6-8-19)25-26-21-10-9-20(28(31)32)15-17(21)16-24/h3-10,15H,1-2,11-14H2. The van der Waals surface area contributed by atoms with E-state index in [-0.39, 0.29) is 42.9 Å². The summed E-state index contributed by atoms with van der Waals surface area (Å²) in [5, 5.41) is 28.1. The molecule has 174 valence electrons. The zero-order valence-electron chi connectivity index (χ0n) is 18.1. The summed E-state index contributed by atoms with van der Waals surface area (Å²) in [6.07, 6.45) is 2.25. The van der Waals surface area contributed by atoms with Gasteiger partial charge in [-0.3, -0.25) is 19.7 Å². The van der Waals surface area contributed by atoms with E-state index in [0.29, 0.717) is 11.4 Å². The molecule has 0 aliphatic carbocycles. The molecule has 0 aliphatic heterocycles. The zero-order valence-corrected chi connectivity index (χ0v) is 18.1. The minimum Gasteiger partial charge on any atom is -0.435 e. The van der Waals surface area contributed by atoms with Crippen LogP contribution in [0.3, 0.4) is 0 Å². The van der Waals surface area contributed by atoms with Crippen molar-refractivity contribution in [1.82, 2.24) is 0 Å². The van der Waals surface area contributed by atoms with Gasteiger partial charge in [-0.25, -0.2) is 0 Å². The smallest absolute Gasteiger partial charge is 0.312 e. The van der Waals surface area contributed by atoms with Crippen LogP contribution in [0.2, 0.25) is 0 Å². The first-order valence-corrected chi connectivity index (χ1v) is 9.94. The van der Waals surface area contributed by atoms with Crippen molar-refractivity contribution in [1.29, 1.82) is 5.26 Å². The van der Waals surface area contributed by atoms with Crippen LogP contribution in [0.15, 0.2) is 78.4 Å². The molecule has 0 saturated heterocycles. The molecule has 0 heterocycles. The van der Waals surface area contributed by atoms with Gasteiger partial charge in [-0.05, 0) is 30.3 Å². The first-order chi connectivity index (χ1) is 16.4. The fraction of sp³-hybridized carbons (Fsp3) is 0.174. The zero-order chi connectivity index (χ0) is 24.9. The number of anilines is 1. The average Bonchev–Trinajstić information content (AvgIpc) is 2.83. The number of rotatable bonds is 12. The van der Waals surface area contributed by atoms with Crippen LogP contribution >= 0.6 is 0 Å². The van der Waals surface area contributed by atoms with Crippen LogP contribution in [0, 0.1) is 21.4 Å². The molecule has 0 saturated carbocycles. The van der Waals surface area contributed by atoms with Crippen molar-refractivity contribution in [3.05, 3.63) is 83.8 Å². The highest BCUT2D eigenvalue weighted by Crippen LogP contribution is 2.27. The molecule has 0 atom stereocenters. The maximum Gasteiger partial charge on any atom is 0.312 e. The molecule has 0 bridgehead atoms. The molecule has 0 spiro atoms. The first kappa shape index (κ1) is 25.4. The number of nitro benzene ring substituents is 1. The predicted octanol–water partition coefficient (Wildman–Crippen LogP) is 4.84. The molecule has 2 aromatic rings. The van der Waals surface area contributed by atoms with Crippen LogP contribution in [0.1, 0.15) is 18.4 Å². The molecule has 11 nitrogen and oxygen atoms in total. The second kappa shape index (κ2) is 12.9. The van der Waals surface area contributed by atoms with Crippen LogP contribution in [0.5, 0.6) is 0 Å². The van der Waals surface area contributed by atoms with Crippen molar-refractivity contribution in [3.63, 3.8) is 0 Å². The quantitative estimate of drug-likeness (QED) is 0.143. The van der Waals surface area contributed by atoms with E-state index >= 15 is 0 Å². The van der Waals surface area contributed by atoms with Crippen molar-refractivity contribution in [2.75, 3.05) is 18.0 Å². The second-order valence-electron chi connectivity index (χ2n) is 6.59. The number of hydrogen-bond acceptors (Lipinski definition) is 10. The molecule has 0 unspecified atom stereocenters. The molecule has 34 heavy (non-hydrogen) atoms. The Balaban J connectivity index is 2.16. The maximum atomic E-state index is 11.7. The van der Waals surface area contributed by atoms with Gasteiger partial charge in [-0.2, -0.15) is 10.4 Å². The van der Waals surface area contributed by atoms with Gasteiger partial charge in [0.25, 0.3) is 5.69 Å². The Hall–Kier alpha value is -4.85. The molecule has 0 N–H and O–H groups in total. The van der Waals surface area contributed by atoms with Gasteiger partial charge >= 0.3 is 11.9 Å². The number of non-ortho nitro benzene ring substituents is 1. The number of nitro groups is 1. The Morgan fingerprint density at radius 2 is 1.62 bits per heavy atom. The minimum atomic E-state index is -0.597. The topological polar surface area (TPSA) is 147 Å². The molecule has 0 amide bonds. The summed E-state index contributed by atoms with van der Waals surface area (Å²) < 4.78 is 9.46. The Kier molecular flexibility index (Phi) is 9.62. The number of carbonyl (C=O) groups excluding carboxylic acids is 2. The molecule has 0 radical (unpaired) electrons. The van der Waals surface area contributed by atoms with Crippen LogP contribution < -0.4 is 4.90 Å². The number of azo groups is 1. The lowest BCUT2D eigenvalue weighted by atomic mass is 10.2. The van der Waals surface area contributed by atoms with Crippen LogP contribution in [-0.4, -0.2) is 30.0 Å². The number of esters is 2. The first-order valence-electron chi connectivity index (χ1n) is 9.94. The largest absolute Gasteiger partial charge is 0.435 e. The van der Waals surface area contributed by atoms with E-state index < -0.39 is 16.9 Å². The predicted molar refractivity (Wildman–Crippen MR) is 122 cm³/mol. The molecular weight excluding hydrogens is 442 g/mol. The minimum absolute atomic E-state index is 0.0264. The summed E-state index contributed by atoms with van der Waals surface area (Å²) in [6, 6.07) is 12.4. The molecule has 0 fully saturated rings. The van der Waals surface area contributed by atoms with Crippen molar-refractivity contribution in [3.8, 4) is 6.07 Å². The molecule has 0 aliphatic rings. The van der Waals surface area contributed by atoms with Crippen LogP contribution in [0.25, 0.3) is 0 Å². The van der Waals surface area contributed by atoms with Gasteiger partial charge in [0, 0.05) is 30.9 Å². The molecule has 11 heteroatoms. The molecule has 2 rings (SSSR count). The summed E-state index contributed by atoms with van der Waals surface area (Å²) in [5.74, 6) is -0.925. The number of carbonyl (C=O) groups is 2. The van der Waals surface area contributed by atoms with E-state index in [0.717, 1.165) is 18.6 Å². The maximum absolute atomic E-state index is 11.7. The fourth-order valence-corrected chi connectivity index (χ4v) is 2.78. The average molecular weight is 463 g/mol. The van der Waals surface area contributed by atoms with E-state index in [1.54, 1.807) is 29.2 Å². The lowest BCUT2D eigenvalue weighted by molar-refractivity contribution is -0.384. The highest BCUT2D eigenvalue weighted by Gasteiger charge is 2.13. The number of benzene rings is 2.